The SMILES string of the molecule is CCOC(=O)C(c1cc(Cl)ccc1Br)N1CCNCC1. The molecule has 0 saturated carbocycles. The molecular formula is C14H18BrClN2O2. The van der Waals surface area contributed by atoms with Gasteiger partial charge in [0, 0.05) is 35.7 Å². The zero-order chi connectivity index (χ0) is 14.5. The lowest BCUT2D eigenvalue weighted by atomic mass is 10.0. The Balaban J connectivity index is 2.34. The smallest absolute Gasteiger partial charge is 0.328 e. The van der Waals surface area contributed by atoms with Gasteiger partial charge in [0.2, 0.25) is 0 Å². The lowest BCUT2D eigenvalue weighted by Crippen LogP contribution is -2.47. The van der Waals surface area contributed by atoms with E-state index in [1.165, 1.54) is 0 Å². The molecular weight excluding hydrogens is 344 g/mol. The molecule has 0 aromatic heterocycles. The van der Waals surface area contributed by atoms with Gasteiger partial charge in [-0.1, -0.05) is 27.5 Å². The molecule has 0 bridgehead atoms. The van der Waals surface area contributed by atoms with Gasteiger partial charge in [-0.25, -0.2) is 4.79 Å². The van der Waals surface area contributed by atoms with Crippen LogP contribution in [-0.2, 0) is 9.53 Å². The Morgan fingerprint density at radius 2 is 2.20 bits per heavy atom. The van der Waals surface area contributed by atoms with Crippen molar-refractivity contribution in [1.29, 1.82) is 0 Å². The van der Waals surface area contributed by atoms with Gasteiger partial charge in [-0.2, -0.15) is 0 Å². The summed E-state index contributed by atoms with van der Waals surface area (Å²) in [5, 5.41) is 3.90. The second kappa shape index (κ2) is 7.41. The van der Waals surface area contributed by atoms with Gasteiger partial charge in [-0.15, -0.1) is 0 Å². The molecule has 1 unspecified atom stereocenters. The van der Waals surface area contributed by atoms with Gasteiger partial charge in [0.25, 0.3) is 0 Å². The lowest BCUT2D eigenvalue weighted by molar-refractivity contribution is -0.150. The highest BCUT2D eigenvalue weighted by atomic mass is 79.9. The summed E-state index contributed by atoms with van der Waals surface area (Å²) in [4.78, 5) is 14.5. The molecule has 6 heteroatoms. The third-order valence-corrected chi connectivity index (χ3v) is 4.24. The maximum atomic E-state index is 12.4. The predicted molar refractivity (Wildman–Crippen MR) is 83.0 cm³/mol. The minimum Gasteiger partial charge on any atom is -0.465 e. The molecule has 20 heavy (non-hydrogen) atoms. The Kier molecular flexibility index (Phi) is 5.84. The highest BCUT2D eigenvalue weighted by Gasteiger charge is 2.31. The van der Waals surface area contributed by atoms with Crippen molar-refractivity contribution < 1.29 is 9.53 Å². The van der Waals surface area contributed by atoms with Gasteiger partial charge in [-0.3, -0.25) is 4.90 Å². The highest BCUT2D eigenvalue weighted by Crippen LogP contribution is 2.31. The molecule has 1 aliphatic rings. The van der Waals surface area contributed by atoms with Gasteiger partial charge in [0.05, 0.1) is 6.61 Å². The van der Waals surface area contributed by atoms with Crippen LogP contribution >= 0.6 is 27.5 Å². The van der Waals surface area contributed by atoms with Crippen molar-refractivity contribution in [2.45, 2.75) is 13.0 Å². The Morgan fingerprint density at radius 3 is 2.85 bits per heavy atom. The predicted octanol–water partition coefficient (Wildman–Crippen LogP) is 2.61. The van der Waals surface area contributed by atoms with Crippen molar-refractivity contribution >= 4 is 33.5 Å². The normalized spacial score (nSPS) is 17.8. The minimum atomic E-state index is -0.412. The molecule has 0 radical (unpaired) electrons. The number of hydrogen-bond acceptors (Lipinski definition) is 4. The number of carbonyl (C=O) groups is 1. The minimum absolute atomic E-state index is 0.225. The fourth-order valence-corrected chi connectivity index (χ4v) is 3.00. The first-order valence-electron chi connectivity index (χ1n) is 6.70. The van der Waals surface area contributed by atoms with E-state index in [4.69, 9.17) is 16.3 Å². The summed E-state index contributed by atoms with van der Waals surface area (Å²) >= 11 is 9.59. The monoisotopic (exact) mass is 360 g/mol. The van der Waals surface area contributed by atoms with Crippen LogP contribution < -0.4 is 5.32 Å². The number of nitrogens with zero attached hydrogens (tertiary/aromatic N) is 1. The van der Waals surface area contributed by atoms with E-state index >= 15 is 0 Å². The fourth-order valence-electron chi connectivity index (χ4n) is 2.36. The van der Waals surface area contributed by atoms with Crippen LogP contribution in [0, 0.1) is 0 Å². The average molecular weight is 362 g/mol. The largest absolute Gasteiger partial charge is 0.465 e. The summed E-state index contributed by atoms with van der Waals surface area (Å²) in [5.74, 6) is -0.225. The van der Waals surface area contributed by atoms with Gasteiger partial charge in [0.15, 0.2) is 0 Å². The van der Waals surface area contributed by atoms with Gasteiger partial charge >= 0.3 is 5.97 Å². The Morgan fingerprint density at radius 1 is 1.50 bits per heavy atom. The molecule has 1 N–H and O–H groups in total. The molecule has 1 aromatic rings. The maximum absolute atomic E-state index is 12.4. The van der Waals surface area contributed by atoms with Crippen LogP contribution in [0.1, 0.15) is 18.5 Å². The van der Waals surface area contributed by atoms with Crippen LogP contribution in [0.25, 0.3) is 0 Å². The molecule has 1 aromatic carbocycles. The standard InChI is InChI=1S/C14H18BrClN2O2/c1-2-20-14(19)13(18-7-5-17-6-8-18)11-9-10(16)3-4-12(11)15/h3-4,9,13,17H,2,5-8H2,1H3. The second-order valence-corrected chi connectivity index (χ2v) is 5.90. The quantitative estimate of drug-likeness (QED) is 0.837. The summed E-state index contributed by atoms with van der Waals surface area (Å²) in [6, 6.07) is 5.08. The van der Waals surface area contributed by atoms with E-state index in [1.807, 2.05) is 19.1 Å². The number of esters is 1. The number of piperazine rings is 1. The molecule has 1 atom stereocenters. The van der Waals surface area contributed by atoms with Gasteiger partial charge in [0.1, 0.15) is 6.04 Å². The van der Waals surface area contributed by atoms with Crippen molar-refractivity contribution in [3.8, 4) is 0 Å². The highest BCUT2D eigenvalue weighted by molar-refractivity contribution is 9.10. The van der Waals surface area contributed by atoms with E-state index in [1.54, 1.807) is 6.07 Å². The first kappa shape index (κ1) is 15.8. The molecule has 1 heterocycles. The molecule has 110 valence electrons. The Labute approximate surface area is 132 Å². The van der Waals surface area contributed by atoms with Crippen LogP contribution in [0.2, 0.25) is 5.02 Å². The van der Waals surface area contributed by atoms with E-state index in [9.17, 15) is 4.79 Å². The molecule has 2 rings (SSSR count). The van der Waals surface area contributed by atoms with E-state index in [-0.39, 0.29) is 5.97 Å². The van der Waals surface area contributed by atoms with Crippen LogP contribution in [0.4, 0.5) is 0 Å². The van der Waals surface area contributed by atoms with Gasteiger partial charge in [-0.05, 0) is 30.7 Å². The molecule has 1 saturated heterocycles. The number of rotatable bonds is 4. The topological polar surface area (TPSA) is 41.6 Å². The third kappa shape index (κ3) is 3.73. The first-order chi connectivity index (χ1) is 9.63. The van der Waals surface area contributed by atoms with Crippen LogP contribution in [-0.4, -0.2) is 43.7 Å². The van der Waals surface area contributed by atoms with Crippen molar-refractivity contribution in [3.05, 3.63) is 33.3 Å². The maximum Gasteiger partial charge on any atom is 0.328 e. The molecule has 0 spiro atoms. The molecule has 1 fully saturated rings. The molecule has 0 aliphatic carbocycles. The van der Waals surface area contributed by atoms with Crippen LogP contribution in [0.3, 0.4) is 0 Å². The van der Waals surface area contributed by atoms with E-state index in [0.29, 0.717) is 11.6 Å². The Bertz CT molecular complexity index is 478. The average Bonchev–Trinajstić information content (AvgIpc) is 2.44. The van der Waals surface area contributed by atoms with Crippen molar-refractivity contribution in [2.24, 2.45) is 0 Å². The summed E-state index contributed by atoms with van der Waals surface area (Å²) < 4.78 is 6.12. The summed E-state index contributed by atoms with van der Waals surface area (Å²) in [6.07, 6.45) is 0. The lowest BCUT2D eigenvalue weighted by Gasteiger charge is -2.34. The second-order valence-electron chi connectivity index (χ2n) is 4.61. The summed E-state index contributed by atoms with van der Waals surface area (Å²) in [6.45, 7) is 5.55. The zero-order valence-corrected chi connectivity index (χ0v) is 13.7. The molecule has 0 amide bonds. The first-order valence-corrected chi connectivity index (χ1v) is 7.87. The number of halogens is 2. The van der Waals surface area contributed by atoms with E-state index < -0.39 is 6.04 Å². The zero-order valence-electron chi connectivity index (χ0n) is 11.4. The van der Waals surface area contributed by atoms with Crippen LogP contribution in [0.5, 0.6) is 0 Å². The summed E-state index contributed by atoms with van der Waals surface area (Å²) in [5.41, 5.74) is 0.859. The van der Waals surface area contributed by atoms with E-state index in [2.05, 4.69) is 26.1 Å². The molecule has 1 aliphatic heterocycles. The van der Waals surface area contributed by atoms with Crippen molar-refractivity contribution in [1.82, 2.24) is 10.2 Å². The number of nitrogens with one attached hydrogen (secondary N) is 1. The fraction of sp³-hybridized carbons (Fsp3) is 0.500. The summed E-state index contributed by atoms with van der Waals surface area (Å²) in [7, 11) is 0. The van der Waals surface area contributed by atoms with E-state index in [0.717, 1.165) is 36.2 Å². The van der Waals surface area contributed by atoms with Crippen molar-refractivity contribution in [2.75, 3.05) is 32.8 Å². The molecule has 4 nitrogen and oxygen atoms in total. The van der Waals surface area contributed by atoms with Gasteiger partial charge < -0.3 is 10.1 Å². The van der Waals surface area contributed by atoms with Crippen molar-refractivity contribution in [3.63, 3.8) is 0 Å². The van der Waals surface area contributed by atoms with Crippen LogP contribution in [0.15, 0.2) is 22.7 Å². The number of benzene rings is 1. The number of hydrogen-bond donors (Lipinski definition) is 1. The number of ether oxygens (including phenoxy) is 1. The number of carbonyl (C=O) groups excluding carboxylic acids is 1. The Hall–Kier alpha value is -0.620. The third-order valence-electron chi connectivity index (χ3n) is 3.28.